The second kappa shape index (κ2) is 11.1. The molecule has 7 nitrogen and oxygen atoms in total. The Hall–Kier alpha value is -3.62. The van der Waals surface area contributed by atoms with Gasteiger partial charge in [0.05, 0.1) is 6.10 Å². The molecule has 3 rings (SSSR count). The largest absolute Gasteiger partial charge is 0.391 e. The van der Waals surface area contributed by atoms with Crippen LogP contribution in [-0.4, -0.2) is 40.3 Å². The van der Waals surface area contributed by atoms with Crippen molar-refractivity contribution in [1.29, 1.82) is 0 Å². The molecule has 164 valence electrons. The Morgan fingerprint density at radius 2 is 1.56 bits per heavy atom. The quantitative estimate of drug-likeness (QED) is 0.258. The zero-order valence-corrected chi connectivity index (χ0v) is 17.7. The standard InChI is InChI=1S/C25H25N3O4/c1-17(29)23(25(31)28-32)27-24(30)21-12-10-19(11-13-21)5-3-2-4-18-6-8-20(9-7-18)16-26-22-14-15-22/h6-13,17,22-23,26,29,32H,14-16H2,1H3,(H,27,30)(H,28,31)/t17-,23+/m1/s1. The number of rotatable bonds is 7. The molecule has 0 aromatic heterocycles. The van der Waals surface area contributed by atoms with Gasteiger partial charge < -0.3 is 15.7 Å². The van der Waals surface area contributed by atoms with E-state index >= 15 is 0 Å². The van der Waals surface area contributed by atoms with Crippen molar-refractivity contribution in [3.63, 3.8) is 0 Å². The molecule has 0 unspecified atom stereocenters. The van der Waals surface area contributed by atoms with Crippen LogP contribution in [0.3, 0.4) is 0 Å². The van der Waals surface area contributed by atoms with Crippen molar-refractivity contribution in [3.8, 4) is 23.7 Å². The van der Waals surface area contributed by atoms with Crippen LogP contribution in [0.15, 0.2) is 48.5 Å². The smallest absolute Gasteiger partial charge is 0.268 e. The monoisotopic (exact) mass is 431 g/mol. The van der Waals surface area contributed by atoms with Crippen LogP contribution in [0.25, 0.3) is 0 Å². The molecule has 0 spiro atoms. The minimum atomic E-state index is -1.27. The van der Waals surface area contributed by atoms with E-state index in [0.29, 0.717) is 11.6 Å². The second-order valence-corrected chi connectivity index (χ2v) is 7.60. The van der Waals surface area contributed by atoms with E-state index in [1.165, 1.54) is 30.8 Å². The minimum absolute atomic E-state index is 0.286. The highest BCUT2D eigenvalue weighted by atomic mass is 16.5. The minimum Gasteiger partial charge on any atom is -0.391 e. The van der Waals surface area contributed by atoms with Crippen LogP contribution in [0.4, 0.5) is 0 Å². The van der Waals surface area contributed by atoms with Crippen LogP contribution < -0.4 is 16.1 Å². The number of hydroxylamine groups is 1. The van der Waals surface area contributed by atoms with E-state index in [2.05, 4.69) is 46.4 Å². The molecule has 0 bridgehead atoms. The number of aliphatic hydroxyl groups excluding tert-OH is 1. The molecule has 2 aromatic rings. The molecule has 0 heterocycles. The molecule has 0 aliphatic heterocycles. The molecule has 2 aromatic carbocycles. The van der Waals surface area contributed by atoms with E-state index in [-0.39, 0.29) is 5.56 Å². The highest BCUT2D eigenvalue weighted by Gasteiger charge is 2.25. The van der Waals surface area contributed by atoms with Crippen molar-refractivity contribution >= 4 is 11.8 Å². The fraction of sp³-hybridized carbons (Fsp3) is 0.280. The van der Waals surface area contributed by atoms with Gasteiger partial charge in [0.1, 0.15) is 6.04 Å². The Morgan fingerprint density at radius 3 is 2.06 bits per heavy atom. The average molecular weight is 431 g/mol. The summed E-state index contributed by atoms with van der Waals surface area (Å²) in [5.41, 5.74) is 4.51. The van der Waals surface area contributed by atoms with Crippen molar-refractivity contribution in [2.24, 2.45) is 0 Å². The normalized spacial score (nSPS) is 14.1. The lowest BCUT2D eigenvalue weighted by molar-refractivity contribution is -0.133. The van der Waals surface area contributed by atoms with Crippen molar-refractivity contribution in [1.82, 2.24) is 16.1 Å². The first kappa shape index (κ1) is 23.1. The van der Waals surface area contributed by atoms with Gasteiger partial charge >= 0.3 is 0 Å². The van der Waals surface area contributed by atoms with Gasteiger partial charge in [-0.1, -0.05) is 24.0 Å². The van der Waals surface area contributed by atoms with Gasteiger partial charge in [0.2, 0.25) is 0 Å². The Balaban J connectivity index is 1.55. The lowest BCUT2D eigenvalue weighted by Crippen LogP contribution is -2.51. The number of carbonyl (C=O) groups is 2. The maximum atomic E-state index is 12.3. The summed E-state index contributed by atoms with van der Waals surface area (Å²) in [4.78, 5) is 23.8. The summed E-state index contributed by atoms with van der Waals surface area (Å²) >= 11 is 0. The summed E-state index contributed by atoms with van der Waals surface area (Å²) in [5.74, 6) is 10.1. The molecular formula is C25H25N3O4. The number of carbonyl (C=O) groups excluding carboxylic acids is 2. The van der Waals surface area contributed by atoms with Crippen LogP contribution in [0, 0.1) is 23.7 Å². The SMILES string of the molecule is C[C@@H](O)[C@H](NC(=O)c1ccc(C#CC#Cc2ccc(CNC3CC3)cc2)cc1)C(=O)NO. The summed E-state index contributed by atoms with van der Waals surface area (Å²) in [5, 5.41) is 24.2. The lowest BCUT2D eigenvalue weighted by atomic mass is 10.1. The zero-order chi connectivity index (χ0) is 22.9. The van der Waals surface area contributed by atoms with E-state index in [1.807, 2.05) is 12.1 Å². The molecule has 1 saturated carbocycles. The molecule has 0 radical (unpaired) electrons. The van der Waals surface area contributed by atoms with Crippen LogP contribution in [0.2, 0.25) is 0 Å². The van der Waals surface area contributed by atoms with Gasteiger partial charge in [-0.05, 0) is 73.6 Å². The first-order valence-corrected chi connectivity index (χ1v) is 10.3. The zero-order valence-electron chi connectivity index (χ0n) is 17.7. The van der Waals surface area contributed by atoms with Crippen molar-refractivity contribution in [3.05, 3.63) is 70.8 Å². The molecule has 32 heavy (non-hydrogen) atoms. The fourth-order valence-corrected chi connectivity index (χ4v) is 2.87. The van der Waals surface area contributed by atoms with Crippen molar-refractivity contribution < 1.29 is 19.9 Å². The van der Waals surface area contributed by atoms with Gasteiger partial charge in [-0.3, -0.25) is 14.8 Å². The van der Waals surface area contributed by atoms with E-state index in [1.54, 1.807) is 24.3 Å². The van der Waals surface area contributed by atoms with Gasteiger partial charge in [-0.2, -0.15) is 0 Å². The molecule has 0 saturated heterocycles. The molecule has 7 heteroatoms. The van der Waals surface area contributed by atoms with Crippen LogP contribution in [-0.2, 0) is 11.3 Å². The molecule has 1 fully saturated rings. The van der Waals surface area contributed by atoms with Gasteiger partial charge in [-0.25, -0.2) is 5.48 Å². The molecule has 1 aliphatic rings. The highest BCUT2D eigenvalue weighted by molar-refractivity contribution is 5.97. The fourth-order valence-electron chi connectivity index (χ4n) is 2.87. The van der Waals surface area contributed by atoms with Crippen molar-refractivity contribution in [2.45, 2.75) is 44.5 Å². The number of hydrogen-bond donors (Lipinski definition) is 5. The summed E-state index contributed by atoms with van der Waals surface area (Å²) in [7, 11) is 0. The third-order valence-electron chi connectivity index (χ3n) is 4.91. The summed E-state index contributed by atoms with van der Waals surface area (Å²) in [6, 6.07) is 13.9. The first-order chi connectivity index (χ1) is 15.5. The maximum Gasteiger partial charge on any atom is 0.268 e. The Morgan fingerprint density at radius 1 is 1.00 bits per heavy atom. The molecule has 2 atom stereocenters. The van der Waals surface area contributed by atoms with E-state index in [4.69, 9.17) is 5.21 Å². The second-order valence-electron chi connectivity index (χ2n) is 7.60. The van der Waals surface area contributed by atoms with Crippen molar-refractivity contribution in [2.75, 3.05) is 0 Å². The third-order valence-corrected chi connectivity index (χ3v) is 4.91. The van der Waals surface area contributed by atoms with Gasteiger partial charge in [0.25, 0.3) is 11.8 Å². The molecule has 2 amide bonds. The summed E-state index contributed by atoms with van der Waals surface area (Å²) < 4.78 is 0. The number of hydrogen-bond acceptors (Lipinski definition) is 5. The Labute approximate surface area is 187 Å². The molecular weight excluding hydrogens is 406 g/mol. The number of amides is 2. The molecule has 1 aliphatic carbocycles. The summed E-state index contributed by atoms with van der Waals surface area (Å²) in [6.07, 6.45) is 1.36. The third kappa shape index (κ3) is 6.97. The topological polar surface area (TPSA) is 111 Å². The number of aliphatic hydroxyl groups is 1. The Bertz CT molecular complexity index is 1070. The van der Waals surface area contributed by atoms with Crippen LogP contribution >= 0.6 is 0 Å². The average Bonchev–Trinajstić information content (AvgIpc) is 3.64. The Kier molecular flexibility index (Phi) is 8.02. The van der Waals surface area contributed by atoms with Gasteiger partial charge in [0, 0.05) is 29.3 Å². The predicted molar refractivity (Wildman–Crippen MR) is 119 cm³/mol. The number of benzene rings is 2. The van der Waals surface area contributed by atoms with Gasteiger partial charge in [0.15, 0.2) is 0 Å². The van der Waals surface area contributed by atoms with Crippen LogP contribution in [0.5, 0.6) is 0 Å². The maximum absolute atomic E-state index is 12.3. The highest BCUT2D eigenvalue weighted by Crippen LogP contribution is 2.19. The van der Waals surface area contributed by atoms with E-state index in [9.17, 15) is 14.7 Å². The van der Waals surface area contributed by atoms with Gasteiger partial charge in [-0.15, -0.1) is 0 Å². The van der Waals surface area contributed by atoms with Crippen LogP contribution in [0.1, 0.15) is 46.8 Å². The molecule has 5 N–H and O–H groups in total. The lowest BCUT2D eigenvalue weighted by Gasteiger charge is -2.19. The number of nitrogens with one attached hydrogen (secondary N) is 3. The predicted octanol–water partition coefficient (Wildman–Crippen LogP) is 1.33. The first-order valence-electron chi connectivity index (χ1n) is 10.3. The summed E-state index contributed by atoms with van der Waals surface area (Å²) in [6.45, 7) is 2.21. The van der Waals surface area contributed by atoms with E-state index in [0.717, 1.165) is 12.1 Å². The van der Waals surface area contributed by atoms with E-state index < -0.39 is 24.0 Å².